The van der Waals surface area contributed by atoms with Gasteiger partial charge in [-0.2, -0.15) is 0 Å². The van der Waals surface area contributed by atoms with E-state index in [1.54, 1.807) is 25.1 Å². The number of benzene rings is 2. The van der Waals surface area contributed by atoms with Crippen molar-refractivity contribution >= 4 is 22.4 Å². The minimum Gasteiger partial charge on any atom is -0.494 e. The van der Waals surface area contributed by atoms with Crippen LogP contribution in [0, 0.1) is 12.7 Å². The van der Waals surface area contributed by atoms with Crippen LogP contribution in [0.4, 0.5) is 4.39 Å². The minimum absolute atomic E-state index is 0.117. The number of amides is 1. The summed E-state index contributed by atoms with van der Waals surface area (Å²) in [6.07, 6.45) is 0.275. The van der Waals surface area contributed by atoms with Crippen LogP contribution in [0.2, 0.25) is 0 Å². The van der Waals surface area contributed by atoms with Gasteiger partial charge in [0.15, 0.2) is 17.7 Å². The number of methoxy groups -OCH3 is 1. The first-order chi connectivity index (χ1) is 18.9. The van der Waals surface area contributed by atoms with Crippen molar-refractivity contribution in [3.05, 3.63) is 88.3 Å². The number of nitrogens with one attached hydrogen (secondary N) is 1. The van der Waals surface area contributed by atoms with Crippen molar-refractivity contribution in [1.29, 1.82) is 0 Å². The molecule has 39 heavy (non-hydrogen) atoms. The summed E-state index contributed by atoms with van der Waals surface area (Å²) in [5, 5.41) is 7.06. The van der Waals surface area contributed by atoms with Crippen LogP contribution in [-0.2, 0) is 28.7 Å². The number of aryl methyl sites for hydroxylation is 1. The molecule has 1 fully saturated rings. The first-order valence-electron chi connectivity index (χ1n) is 12.7. The van der Waals surface area contributed by atoms with Gasteiger partial charge in [-0.3, -0.25) is 13.9 Å². The maximum atomic E-state index is 13.7. The summed E-state index contributed by atoms with van der Waals surface area (Å²) in [6, 6.07) is 14.3. The molecule has 1 unspecified atom stereocenters. The Bertz CT molecular complexity index is 1410. The molecular weight excluding hydrogens is 521 g/mol. The van der Waals surface area contributed by atoms with Crippen molar-refractivity contribution in [2.45, 2.75) is 32.5 Å². The second kappa shape index (κ2) is 12.0. The number of hydrogen-bond donors (Lipinski definition) is 1. The number of rotatable bonds is 8. The van der Waals surface area contributed by atoms with Crippen molar-refractivity contribution in [2.24, 2.45) is 5.16 Å². The van der Waals surface area contributed by atoms with Gasteiger partial charge in [-0.05, 0) is 41.8 Å². The van der Waals surface area contributed by atoms with Gasteiger partial charge in [0.2, 0.25) is 0 Å². The molecule has 0 spiro atoms. The van der Waals surface area contributed by atoms with Crippen LogP contribution < -0.4 is 10.1 Å². The molecule has 1 N–H and O–H groups in total. The maximum absolute atomic E-state index is 13.7. The Kier molecular flexibility index (Phi) is 8.27. The third kappa shape index (κ3) is 6.66. The standard InChI is InChI=1S/C28H30FN5O4S/c1-18-31-23(14-25(32-18)28(35)30-16-20-5-8-22(29)27(13-20)37-2)24-15-26(38-33-24)21-6-3-19(4-7-21)17-34-9-11-39(36)12-10-34/h3-8,13-14,26H,9-12,15-17H2,1-2H3,(H,30,35). The molecule has 5 rings (SSSR count). The summed E-state index contributed by atoms with van der Waals surface area (Å²) in [6.45, 7) is 4.46. The van der Waals surface area contributed by atoms with E-state index >= 15 is 0 Å². The monoisotopic (exact) mass is 551 g/mol. The van der Waals surface area contributed by atoms with E-state index < -0.39 is 16.6 Å². The molecule has 0 radical (unpaired) electrons. The van der Waals surface area contributed by atoms with Crippen LogP contribution in [-0.4, -0.2) is 62.4 Å². The van der Waals surface area contributed by atoms with Crippen molar-refractivity contribution in [1.82, 2.24) is 20.2 Å². The van der Waals surface area contributed by atoms with E-state index in [1.807, 2.05) is 0 Å². The van der Waals surface area contributed by atoms with Crippen LogP contribution >= 0.6 is 0 Å². The van der Waals surface area contributed by atoms with Gasteiger partial charge in [0.1, 0.15) is 17.2 Å². The Morgan fingerprint density at radius 3 is 2.62 bits per heavy atom. The fourth-order valence-corrected chi connectivity index (χ4v) is 5.68. The topological polar surface area (TPSA) is 106 Å². The second-order valence-electron chi connectivity index (χ2n) is 9.54. The molecule has 3 aromatic rings. The van der Waals surface area contributed by atoms with E-state index in [0.29, 0.717) is 29.2 Å². The van der Waals surface area contributed by atoms with E-state index in [9.17, 15) is 13.4 Å². The van der Waals surface area contributed by atoms with Gasteiger partial charge in [-0.15, -0.1) is 0 Å². The largest absolute Gasteiger partial charge is 0.494 e. The maximum Gasteiger partial charge on any atom is 0.270 e. The highest BCUT2D eigenvalue weighted by Gasteiger charge is 2.26. The Balaban J connectivity index is 1.20. The van der Waals surface area contributed by atoms with Gasteiger partial charge in [-0.1, -0.05) is 35.5 Å². The summed E-state index contributed by atoms with van der Waals surface area (Å²) < 4.78 is 30.2. The van der Waals surface area contributed by atoms with E-state index in [4.69, 9.17) is 9.57 Å². The molecule has 1 atom stereocenters. The molecule has 3 heterocycles. The highest BCUT2D eigenvalue weighted by atomic mass is 32.2. The first kappa shape index (κ1) is 26.9. The van der Waals surface area contributed by atoms with Crippen molar-refractivity contribution in [2.75, 3.05) is 31.7 Å². The van der Waals surface area contributed by atoms with Crippen molar-refractivity contribution < 1.29 is 23.0 Å². The van der Waals surface area contributed by atoms with Crippen LogP contribution in [0.25, 0.3) is 0 Å². The van der Waals surface area contributed by atoms with Crippen LogP contribution in [0.15, 0.2) is 53.7 Å². The van der Waals surface area contributed by atoms with Crippen molar-refractivity contribution in [3.8, 4) is 5.75 Å². The molecule has 2 aliphatic rings. The molecule has 0 aliphatic carbocycles. The van der Waals surface area contributed by atoms with Crippen molar-refractivity contribution in [3.63, 3.8) is 0 Å². The lowest BCUT2D eigenvalue weighted by Crippen LogP contribution is -2.37. The average Bonchev–Trinajstić information content (AvgIpc) is 3.44. The van der Waals surface area contributed by atoms with E-state index in [2.05, 4.69) is 49.6 Å². The summed E-state index contributed by atoms with van der Waals surface area (Å²) in [7, 11) is 0.714. The predicted octanol–water partition coefficient (Wildman–Crippen LogP) is 3.29. The quantitative estimate of drug-likeness (QED) is 0.458. The van der Waals surface area contributed by atoms with Gasteiger partial charge in [0.05, 0.1) is 12.8 Å². The number of aromatic nitrogens is 2. The number of oxime groups is 1. The second-order valence-corrected chi connectivity index (χ2v) is 11.2. The lowest BCUT2D eigenvalue weighted by Gasteiger charge is -2.26. The van der Waals surface area contributed by atoms with Crippen LogP contribution in [0.3, 0.4) is 0 Å². The third-order valence-corrected chi connectivity index (χ3v) is 8.01. The number of ether oxygens (including phenoxy) is 1. The van der Waals surface area contributed by atoms with Gasteiger partial charge in [-0.25, -0.2) is 14.4 Å². The zero-order valence-corrected chi connectivity index (χ0v) is 22.7. The Labute approximate surface area is 228 Å². The van der Waals surface area contributed by atoms with E-state index in [0.717, 1.165) is 36.7 Å². The van der Waals surface area contributed by atoms with Gasteiger partial charge in [0, 0.05) is 54.9 Å². The van der Waals surface area contributed by atoms with Crippen LogP contribution in [0.1, 0.15) is 51.2 Å². The molecule has 1 amide bonds. The molecule has 1 saturated heterocycles. The van der Waals surface area contributed by atoms with Crippen LogP contribution in [0.5, 0.6) is 5.75 Å². The molecule has 2 aliphatic heterocycles. The number of hydrogen-bond acceptors (Lipinski definition) is 8. The summed E-state index contributed by atoms with van der Waals surface area (Å²) in [5.74, 6) is 1.20. The minimum atomic E-state index is -0.679. The molecule has 204 valence electrons. The number of halogens is 1. The SMILES string of the molecule is COc1cc(CNC(=O)c2cc(C3=NOC(c4ccc(CN5CCS(=O)CC5)cc4)C3)nc(C)n2)ccc1F. The molecule has 0 saturated carbocycles. The molecule has 9 nitrogen and oxygen atoms in total. The zero-order chi connectivity index (χ0) is 27.4. The molecule has 1 aromatic heterocycles. The molecule has 2 aromatic carbocycles. The van der Waals surface area contributed by atoms with E-state index in [1.165, 1.54) is 18.7 Å². The molecule has 11 heteroatoms. The lowest BCUT2D eigenvalue weighted by molar-refractivity contribution is 0.0857. The Hall–Kier alpha value is -3.70. The summed E-state index contributed by atoms with van der Waals surface area (Å²) in [4.78, 5) is 29.6. The van der Waals surface area contributed by atoms with Gasteiger partial charge in [0.25, 0.3) is 5.91 Å². The fourth-order valence-electron chi connectivity index (χ4n) is 4.56. The number of nitrogens with zero attached hydrogens (tertiary/aromatic N) is 4. The first-order valence-corrected chi connectivity index (χ1v) is 14.2. The molecule has 0 bridgehead atoms. The molecular formula is C28H30FN5O4S. The summed E-state index contributed by atoms with van der Waals surface area (Å²) >= 11 is 0. The Morgan fingerprint density at radius 2 is 1.87 bits per heavy atom. The number of carbonyl (C=O) groups is 1. The normalized spacial score (nSPS) is 17.9. The predicted molar refractivity (Wildman–Crippen MR) is 145 cm³/mol. The smallest absolute Gasteiger partial charge is 0.270 e. The third-order valence-electron chi connectivity index (χ3n) is 6.73. The van der Waals surface area contributed by atoms with Gasteiger partial charge < -0.3 is 14.9 Å². The fraction of sp³-hybridized carbons (Fsp3) is 0.357. The number of carbonyl (C=O) groups excluding carboxylic acids is 1. The highest BCUT2D eigenvalue weighted by molar-refractivity contribution is 7.85. The Morgan fingerprint density at radius 1 is 1.13 bits per heavy atom. The summed E-state index contributed by atoms with van der Waals surface area (Å²) in [5.41, 5.74) is 4.30. The van der Waals surface area contributed by atoms with Gasteiger partial charge >= 0.3 is 0 Å². The lowest BCUT2D eigenvalue weighted by atomic mass is 10.0. The highest BCUT2D eigenvalue weighted by Crippen LogP contribution is 2.29. The van der Waals surface area contributed by atoms with E-state index in [-0.39, 0.29) is 30.0 Å². The zero-order valence-electron chi connectivity index (χ0n) is 21.9. The average molecular weight is 552 g/mol.